The van der Waals surface area contributed by atoms with E-state index in [1.54, 1.807) is 34.6 Å². The van der Waals surface area contributed by atoms with E-state index in [1.165, 1.54) is 4.88 Å². The summed E-state index contributed by atoms with van der Waals surface area (Å²) >= 11 is 1.62. The zero-order valence-electron chi connectivity index (χ0n) is 13.4. The van der Waals surface area contributed by atoms with Crippen LogP contribution in [0.15, 0.2) is 35.0 Å². The molecule has 122 valence electrons. The lowest BCUT2D eigenvalue weighted by Crippen LogP contribution is -2.45. The van der Waals surface area contributed by atoms with E-state index >= 15 is 0 Å². The normalized spacial score (nSPS) is 16.9. The fourth-order valence-corrected chi connectivity index (χ4v) is 3.57. The molecule has 6 nitrogen and oxygen atoms in total. The van der Waals surface area contributed by atoms with Gasteiger partial charge in [0.1, 0.15) is 6.04 Å². The molecule has 4 rings (SSSR count). The number of aromatic nitrogens is 3. The number of amides is 1. The Bertz CT molecular complexity index is 901. The van der Waals surface area contributed by atoms with E-state index in [4.69, 9.17) is 4.52 Å². The SMILES string of the molecule is Cc1ccc(-c2noc(C3CCN3C(=O)c3cccnc3C)n2)s1. The molecule has 1 aliphatic heterocycles. The smallest absolute Gasteiger partial charge is 0.256 e. The van der Waals surface area contributed by atoms with Gasteiger partial charge in [-0.05, 0) is 44.5 Å². The average Bonchev–Trinajstić information content (AvgIpc) is 3.15. The highest BCUT2D eigenvalue weighted by Gasteiger charge is 2.38. The van der Waals surface area contributed by atoms with Gasteiger partial charge in [0.15, 0.2) is 0 Å². The Kier molecular flexibility index (Phi) is 3.65. The third kappa shape index (κ3) is 2.50. The average molecular weight is 340 g/mol. The second-order valence-electron chi connectivity index (χ2n) is 5.81. The van der Waals surface area contributed by atoms with Crippen molar-refractivity contribution < 1.29 is 9.32 Å². The Morgan fingerprint density at radius 2 is 2.21 bits per heavy atom. The van der Waals surface area contributed by atoms with Crippen LogP contribution in [0.5, 0.6) is 0 Å². The number of likely N-dealkylation sites (tertiary alicyclic amines) is 1. The summed E-state index contributed by atoms with van der Waals surface area (Å²) in [5, 5.41) is 4.06. The zero-order valence-corrected chi connectivity index (χ0v) is 14.2. The molecule has 1 saturated heterocycles. The first-order valence-electron chi connectivity index (χ1n) is 7.76. The molecule has 0 bridgehead atoms. The van der Waals surface area contributed by atoms with Crippen LogP contribution in [0.1, 0.15) is 39.3 Å². The van der Waals surface area contributed by atoms with Crippen molar-refractivity contribution in [2.75, 3.05) is 6.54 Å². The first kappa shape index (κ1) is 15.0. The van der Waals surface area contributed by atoms with Crippen molar-refractivity contribution in [2.45, 2.75) is 26.3 Å². The molecule has 1 fully saturated rings. The van der Waals surface area contributed by atoms with Crippen molar-refractivity contribution in [3.8, 4) is 10.7 Å². The van der Waals surface area contributed by atoms with Gasteiger partial charge >= 0.3 is 0 Å². The van der Waals surface area contributed by atoms with Crippen molar-refractivity contribution in [3.63, 3.8) is 0 Å². The number of carbonyl (C=O) groups excluding carboxylic acids is 1. The van der Waals surface area contributed by atoms with E-state index in [-0.39, 0.29) is 11.9 Å². The summed E-state index contributed by atoms with van der Waals surface area (Å²) in [7, 11) is 0. The van der Waals surface area contributed by atoms with Crippen LogP contribution in [0.25, 0.3) is 10.7 Å². The number of hydrogen-bond acceptors (Lipinski definition) is 6. The fourth-order valence-electron chi connectivity index (χ4n) is 2.78. The Morgan fingerprint density at radius 1 is 1.33 bits per heavy atom. The number of thiophene rings is 1. The minimum Gasteiger partial charge on any atom is -0.337 e. The number of carbonyl (C=O) groups is 1. The standard InChI is InChI=1S/C17H16N4O2S/c1-10-5-6-14(24-10)15-19-16(23-20-15)13-7-9-21(13)17(22)12-4-3-8-18-11(12)2/h3-6,8,13H,7,9H2,1-2H3. The number of rotatable bonds is 3. The minimum absolute atomic E-state index is 0.0384. The lowest BCUT2D eigenvalue weighted by atomic mass is 10.0. The topological polar surface area (TPSA) is 72.1 Å². The van der Waals surface area contributed by atoms with Gasteiger partial charge in [-0.15, -0.1) is 11.3 Å². The molecule has 1 atom stereocenters. The van der Waals surface area contributed by atoms with E-state index in [1.807, 2.05) is 26.0 Å². The largest absolute Gasteiger partial charge is 0.337 e. The lowest BCUT2D eigenvalue weighted by molar-refractivity contribution is 0.0377. The van der Waals surface area contributed by atoms with Gasteiger partial charge in [0.2, 0.25) is 11.7 Å². The minimum atomic E-state index is -0.153. The van der Waals surface area contributed by atoms with Gasteiger partial charge in [0.05, 0.1) is 10.4 Å². The number of hydrogen-bond donors (Lipinski definition) is 0. The fraction of sp³-hybridized carbons (Fsp3) is 0.294. The third-order valence-electron chi connectivity index (χ3n) is 4.21. The number of aryl methyl sites for hydroxylation is 2. The molecule has 24 heavy (non-hydrogen) atoms. The monoisotopic (exact) mass is 340 g/mol. The van der Waals surface area contributed by atoms with Gasteiger partial charge in [-0.2, -0.15) is 4.98 Å². The molecule has 0 radical (unpaired) electrons. The van der Waals surface area contributed by atoms with E-state index in [2.05, 4.69) is 15.1 Å². The van der Waals surface area contributed by atoms with Gasteiger partial charge in [-0.25, -0.2) is 0 Å². The van der Waals surface area contributed by atoms with Crippen LogP contribution >= 0.6 is 11.3 Å². The molecular formula is C17H16N4O2S. The van der Waals surface area contributed by atoms with E-state index in [9.17, 15) is 4.79 Å². The van der Waals surface area contributed by atoms with Crippen LogP contribution < -0.4 is 0 Å². The summed E-state index contributed by atoms with van der Waals surface area (Å²) in [5.41, 5.74) is 1.35. The molecule has 7 heteroatoms. The number of pyridine rings is 1. The second kappa shape index (κ2) is 5.83. The summed E-state index contributed by atoms with van der Waals surface area (Å²) < 4.78 is 5.41. The molecule has 0 spiro atoms. The van der Waals surface area contributed by atoms with Crippen molar-refractivity contribution in [1.82, 2.24) is 20.0 Å². The van der Waals surface area contributed by atoms with Gasteiger partial charge < -0.3 is 9.42 Å². The summed E-state index contributed by atoms with van der Waals surface area (Å²) in [4.78, 5) is 25.3. The maximum Gasteiger partial charge on any atom is 0.256 e. The third-order valence-corrected chi connectivity index (χ3v) is 5.20. The van der Waals surface area contributed by atoms with E-state index in [0.29, 0.717) is 23.8 Å². The Labute approximate surface area is 143 Å². The molecule has 0 saturated carbocycles. The molecule has 3 aromatic rings. The first-order chi connectivity index (χ1) is 11.6. The van der Waals surface area contributed by atoms with Gasteiger partial charge in [0, 0.05) is 23.3 Å². The molecule has 0 N–H and O–H groups in total. The summed E-state index contributed by atoms with van der Waals surface area (Å²) in [6, 6.07) is 7.43. The highest BCUT2D eigenvalue weighted by molar-refractivity contribution is 7.15. The van der Waals surface area contributed by atoms with Crippen molar-refractivity contribution >= 4 is 17.2 Å². The van der Waals surface area contributed by atoms with Crippen molar-refractivity contribution in [2.24, 2.45) is 0 Å². The van der Waals surface area contributed by atoms with Gasteiger partial charge in [-0.3, -0.25) is 9.78 Å². The molecule has 1 amide bonds. The predicted octanol–water partition coefficient (Wildman–Crippen LogP) is 3.40. The highest BCUT2D eigenvalue weighted by atomic mass is 32.1. The molecule has 3 aromatic heterocycles. The second-order valence-corrected chi connectivity index (χ2v) is 7.09. The van der Waals surface area contributed by atoms with Crippen molar-refractivity contribution in [1.29, 1.82) is 0 Å². The maximum atomic E-state index is 12.7. The first-order valence-corrected chi connectivity index (χ1v) is 8.58. The van der Waals surface area contributed by atoms with Crippen LogP contribution in [0, 0.1) is 13.8 Å². The lowest BCUT2D eigenvalue weighted by Gasteiger charge is -2.38. The Morgan fingerprint density at radius 3 is 2.88 bits per heavy atom. The predicted molar refractivity (Wildman–Crippen MR) is 89.7 cm³/mol. The van der Waals surface area contributed by atoms with Crippen LogP contribution in [0.4, 0.5) is 0 Å². The van der Waals surface area contributed by atoms with Crippen LogP contribution in [0.2, 0.25) is 0 Å². The molecule has 0 aliphatic carbocycles. The summed E-state index contributed by atoms with van der Waals surface area (Å²) in [6.07, 6.45) is 2.52. The highest BCUT2D eigenvalue weighted by Crippen LogP contribution is 2.35. The molecule has 1 aliphatic rings. The van der Waals surface area contributed by atoms with E-state index < -0.39 is 0 Å². The zero-order chi connectivity index (χ0) is 16.7. The summed E-state index contributed by atoms with van der Waals surface area (Å²) in [5.74, 6) is 1.04. The molecular weight excluding hydrogens is 324 g/mol. The maximum absolute atomic E-state index is 12.7. The molecule has 0 aromatic carbocycles. The van der Waals surface area contributed by atoms with Crippen LogP contribution in [0.3, 0.4) is 0 Å². The quantitative estimate of drug-likeness (QED) is 0.731. The van der Waals surface area contributed by atoms with Gasteiger partial charge in [0.25, 0.3) is 5.91 Å². The molecule has 4 heterocycles. The van der Waals surface area contributed by atoms with E-state index in [0.717, 1.165) is 17.0 Å². The van der Waals surface area contributed by atoms with Crippen LogP contribution in [-0.4, -0.2) is 32.5 Å². The Balaban J connectivity index is 1.56. The molecule has 1 unspecified atom stereocenters. The number of nitrogens with zero attached hydrogens (tertiary/aromatic N) is 4. The van der Waals surface area contributed by atoms with Crippen molar-refractivity contribution in [3.05, 3.63) is 52.5 Å². The van der Waals surface area contributed by atoms with Crippen LogP contribution in [-0.2, 0) is 0 Å². The van der Waals surface area contributed by atoms with Gasteiger partial charge in [-0.1, -0.05) is 5.16 Å². The summed E-state index contributed by atoms with van der Waals surface area (Å²) in [6.45, 7) is 4.57. The Hall–Kier alpha value is -2.54.